The maximum Gasteiger partial charge on any atom is 0.163 e. The molecule has 3 N–H and O–H groups in total. The van der Waals surface area contributed by atoms with Crippen molar-refractivity contribution >= 4 is 17.3 Å². The smallest absolute Gasteiger partial charge is 0.163 e. The van der Waals surface area contributed by atoms with Crippen LogP contribution in [0, 0.1) is 0 Å². The van der Waals surface area contributed by atoms with Crippen molar-refractivity contribution in [3.05, 3.63) is 30.3 Å². The van der Waals surface area contributed by atoms with Crippen LogP contribution in [0.5, 0.6) is 0 Å². The Balaban J connectivity index is 1.50. The van der Waals surface area contributed by atoms with Gasteiger partial charge in [0.15, 0.2) is 5.82 Å². The lowest BCUT2D eigenvalue weighted by atomic mass is 10.1. The largest absolute Gasteiger partial charge is 0.399 e. The van der Waals surface area contributed by atoms with Crippen LogP contribution in [0.1, 0.15) is 25.7 Å². The average Bonchev–Trinajstić information content (AvgIpc) is 2.98. The molecule has 0 spiro atoms. The molecule has 0 saturated carbocycles. The minimum absolute atomic E-state index is 0.386. The molecule has 3 fully saturated rings. The van der Waals surface area contributed by atoms with Gasteiger partial charge in [0.25, 0.3) is 0 Å². The van der Waals surface area contributed by atoms with Crippen molar-refractivity contribution in [2.24, 2.45) is 0 Å². The van der Waals surface area contributed by atoms with E-state index in [9.17, 15) is 0 Å². The number of morpholine rings is 1. The molecular formula is C21H27N5O2. The Morgan fingerprint density at radius 1 is 0.929 bits per heavy atom. The number of fused-ring (bicyclic) bond motifs is 2. The topological polar surface area (TPSA) is 85.5 Å². The molecule has 0 amide bonds. The fourth-order valence-electron chi connectivity index (χ4n) is 4.46. The molecule has 2 aromatic rings. The summed E-state index contributed by atoms with van der Waals surface area (Å²) in [6.07, 6.45) is 4.32. The molecule has 148 valence electrons. The van der Waals surface area contributed by atoms with E-state index in [-0.39, 0.29) is 0 Å². The van der Waals surface area contributed by atoms with E-state index in [0.29, 0.717) is 18.1 Å². The van der Waals surface area contributed by atoms with Crippen LogP contribution < -0.4 is 16.0 Å². The lowest BCUT2D eigenvalue weighted by molar-refractivity contribution is 0.0899. The molecule has 7 heteroatoms. The highest BCUT2D eigenvalue weighted by molar-refractivity contribution is 5.64. The zero-order chi connectivity index (χ0) is 18.9. The van der Waals surface area contributed by atoms with Gasteiger partial charge in [-0.2, -0.15) is 0 Å². The number of nitrogens with one attached hydrogen (secondary N) is 1. The van der Waals surface area contributed by atoms with E-state index < -0.39 is 0 Å². The second kappa shape index (κ2) is 7.56. The van der Waals surface area contributed by atoms with Gasteiger partial charge in [0, 0.05) is 36.6 Å². The van der Waals surface area contributed by atoms with E-state index in [2.05, 4.69) is 16.3 Å². The van der Waals surface area contributed by atoms with Crippen molar-refractivity contribution in [1.82, 2.24) is 9.97 Å². The Hall–Kier alpha value is -2.38. The first-order valence-electron chi connectivity index (χ1n) is 10.2. The third-order valence-corrected chi connectivity index (χ3v) is 5.96. The third-order valence-electron chi connectivity index (χ3n) is 5.96. The Kier molecular flexibility index (Phi) is 4.78. The standard InChI is InChI=1S/C21H27N5O2/c22-15-3-1-14(2-4-15)21-24-19(23-16-7-9-27-10-8-16)11-20(25-21)26-17-5-6-18(26)13-28-12-17/h1-4,11,16-18H,5-10,12-13,22H2,(H,23,24,25). The van der Waals surface area contributed by atoms with Gasteiger partial charge in [0.1, 0.15) is 11.6 Å². The van der Waals surface area contributed by atoms with Crippen LogP contribution in [-0.2, 0) is 9.47 Å². The highest BCUT2D eigenvalue weighted by Gasteiger charge is 2.38. The lowest BCUT2D eigenvalue weighted by Crippen LogP contribution is -2.46. The van der Waals surface area contributed by atoms with Gasteiger partial charge in [-0.1, -0.05) is 0 Å². The zero-order valence-corrected chi connectivity index (χ0v) is 16.0. The summed E-state index contributed by atoms with van der Waals surface area (Å²) in [6.45, 7) is 3.16. The minimum Gasteiger partial charge on any atom is -0.399 e. The van der Waals surface area contributed by atoms with Crippen LogP contribution >= 0.6 is 0 Å². The highest BCUT2D eigenvalue weighted by atomic mass is 16.5. The summed E-state index contributed by atoms with van der Waals surface area (Å²) >= 11 is 0. The van der Waals surface area contributed by atoms with Crippen molar-refractivity contribution in [2.75, 3.05) is 42.4 Å². The number of hydrogen-bond donors (Lipinski definition) is 2. The second-order valence-electron chi connectivity index (χ2n) is 7.92. The maximum absolute atomic E-state index is 5.86. The number of nitrogens with two attached hydrogens (primary N) is 1. The van der Waals surface area contributed by atoms with Crippen LogP contribution in [0.25, 0.3) is 11.4 Å². The average molecular weight is 381 g/mol. The fraction of sp³-hybridized carbons (Fsp3) is 0.524. The molecule has 3 saturated heterocycles. The monoisotopic (exact) mass is 381 g/mol. The second-order valence-corrected chi connectivity index (χ2v) is 7.92. The highest BCUT2D eigenvalue weighted by Crippen LogP contribution is 2.35. The summed E-state index contributed by atoms with van der Waals surface area (Å²) in [5, 5.41) is 3.62. The number of nitrogens with zero attached hydrogens (tertiary/aromatic N) is 3. The predicted molar refractivity (Wildman–Crippen MR) is 109 cm³/mol. The van der Waals surface area contributed by atoms with Gasteiger partial charge in [-0.25, -0.2) is 9.97 Å². The Morgan fingerprint density at radius 2 is 1.64 bits per heavy atom. The predicted octanol–water partition coefficient (Wildman–Crippen LogP) is 2.68. The van der Waals surface area contributed by atoms with Crippen molar-refractivity contribution in [1.29, 1.82) is 0 Å². The van der Waals surface area contributed by atoms with Crippen molar-refractivity contribution < 1.29 is 9.47 Å². The molecule has 2 atom stereocenters. The molecule has 0 radical (unpaired) electrons. The molecule has 3 aliphatic heterocycles. The van der Waals surface area contributed by atoms with Gasteiger partial charge in [0.05, 0.1) is 25.3 Å². The number of benzene rings is 1. The molecule has 5 rings (SSSR count). The van der Waals surface area contributed by atoms with Gasteiger partial charge < -0.3 is 25.4 Å². The first-order chi connectivity index (χ1) is 13.8. The zero-order valence-electron chi connectivity index (χ0n) is 16.0. The van der Waals surface area contributed by atoms with Gasteiger partial charge in [-0.05, 0) is 49.9 Å². The van der Waals surface area contributed by atoms with Crippen LogP contribution in [0.3, 0.4) is 0 Å². The molecule has 0 aliphatic carbocycles. The van der Waals surface area contributed by atoms with Crippen LogP contribution in [0.2, 0.25) is 0 Å². The van der Waals surface area contributed by atoms with Crippen LogP contribution in [0.15, 0.2) is 30.3 Å². The summed E-state index contributed by atoms with van der Waals surface area (Å²) in [5.41, 5.74) is 7.58. The number of aromatic nitrogens is 2. The number of hydrogen-bond acceptors (Lipinski definition) is 7. The first kappa shape index (κ1) is 17.7. The van der Waals surface area contributed by atoms with E-state index in [1.807, 2.05) is 24.3 Å². The number of ether oxygens (including phenoxy) is 2. The summed E-state index contributed by atoms with van der Waals surface area (Å²) in [5.74, 6) is 2.61. The van der Waals surface area contributed by atoms with Gasteiger partial charge in [-0.15, -0.1) is 0 Å². The summed E-state index contributed by atoms with van der Waals surface area (Å²) in [7, 11) is 0. The molecular weight excluding hydrogens is 354 g/mol. The van der Waals surface area contributed by atoms with Crippen molar-refractivity contribution in [3.63, 3.8) is 0 Å². The number of rotatable bonds is 4. The van der Waals surface area contributed by atoms with E-state index in [1.54, 1.807) is 0 Å². The summed E-state index contributed by atoms with van der Waals surface area (Å²) < 4.78 is 11.2. The molecule has 1 aromatic carbocycles. The molecule has 7 nitrogen and oxygen atoms in total. The van der Waals surface area contributed by atoms with Gasteiger partial charge >= 0.3 is 0 Å². The van der Waals surface area contributed by atoms with Crippen molar-refractivity contribution in [3.8, 4) is 11.4 Å². The lowest BCUT2D eigenvalue weighted by Gasteiger charge is -2.36. The first-order valence-corrected chi connectivity index (χ1v) is 10.2. The normalized spacial score (nSPS) is 25.1. The van der Waals surface area contributed by atoms with Gasteiger partial charge in [-0.3, -0.25) is 0 Å². The summed E-state index contributed by atoms with van der Waals surface area (Å²) in [4.78, 5) is 12.2. The fourth-order valence-corrected chi connectivity index (χ4v) is 4.46. The summed E-state index contributed by atoms with van der Waals surface area (Å²) in [6, 6.07) is 11.1. The van der Waals surface area contributed by atoms with Crippen LogP contribution in [-0.4, -0.2) is 54.5 Å². The van der Waals surface area contributed by atoms with E-state index in [0.717, 1.165) is 80.8 Å². The maximum atomic E-state index is 5.86. The molecule has 1 aromatic heterocycles. The number of anilines is 3. The molecule has 2 unspecified atom stereocenters. The SMILES string of the molecule is Nc1ccc(-c2nc(NC3CCOCC3)cc(N3C4CCC3COC4)n2)cc1. The Morgan fingerprint density at radius 3 is 2.36 bits per heavy atom. The quantitative estimate of drug-likeness (QED) is 0.788. The van der Waals surface area contributed by atoms with E-state index in [4.69, 9.17) is 25.2 Å². The Labute approximate surface area is 165 Å². The minimum atomic E-state index is 0.386. The van der Waals surface area contributed by atoms with Crippen LogP contribution in [0.4, 0.5) is 17.3 Å². The molecule has 4 heterocycles. The molecule has 3 aliphatic rings. The van der Waals surface area contributed by atoms with Gasteiger partial charge in [0.2, 0.25) is 0 Å². The molecule has 2 bridgehead atoms. The molecule has 28 heavy (non-hydrogen) atoms. The van der Waals surface area contributed by atoms with E-state index >= 15 is 0 Å². The Bertz CT molecular complexity index is 806. The third kappa shape index (κ3) is 3.52. The van der Waals surface area contributed by atoms with E-state index in [1.165, 1.54) is 0 Å². The van der Waals surface area contributed by atoms with Crippen molar-refractivity contribution in [2.45, 2.75) is 43.8 Å². The number of nitrogen functional groups attached to an aromatic ring is 1.